The number of benzene rings is 2. The predicted octanol–water partition coefficient (Wildman–Crippen LogP) is 4.30. The van der Waals surface area contributed by atoms with Gasteiger partial charge in [0.2, 0.25) is 5.88 Å². The van der Waals surface area contributed by atoms with Crippen molar-refractivity contribution in [2.45, 2.75) is 5.16 Å². The van der Waals surface area contributed by atoms with Crippen LogP contribution in [0.2, 0.25) is 5.02 Å². The Bertz CT molecular complexity index is 1160. The maximum atomic E-state index is 12.8. The minimum absolute atomic E-state index is 0.00841. The number of aliphatic hydroxyl groups excluding tert-OH is 1. The van der Waals surface area contributed by atoms with E-state index in [1.54, 1.807) is 42.7 Å². The van der Waals surface area contributed by atoms with E-state index < -0.39 is 10.0 Å². The number of halogens is 1. The van der Waals surface area contributed by atoms with Gasteiger partial charge in [-0.1, -0.05) is 65.8 Å². The normalized spacial score (nSPS) is 11.6. The van der Waals surface area contributed by atoms with E-state index in [1.165, 1.54) is 17.8 Å². The Morgan fingerprint density at radius 1 is 1.13 bits per heavy atom. The number of hydrogen-bond acceptors (Lipinski definition) is 7. The molecule has 1 heterocycles. The summed E-state index contributed by atoms with van der Waals surface area (Å²) in [7, 11) is -3.89. The lowest BCUT2D eigenvalue weighted by molar-refractivity contribution is 0.196. The molecule has 0 bridgehead atoms. The molecule has 0 radical (unpaired) electrons. The van der Waals surface area contributed by atoms with Gasteiger partial charge in [0.1, 0.15) is 6.61 Å². The molecule has 162 valence electrons. The van der Waals surface area contributed by atoms with Crippen molar-refractivity contribution in [3.05, 3.63) is 70.6 Å². The third-order valence-corrected chi connectivity index (χ3v) is 5.75. The van der Waals surface area contributed by atoms with Gasteiger partial charge in [-0.25, -0.2) is 13.4 Å². The highest BCUT2D eigenvalue weighted by Gasteiger charge is 2.21. The average molecular weight is 478 g/mol. The van der Waals surface area contributed by atoms with Crippen LogP contribution in [0, 0.1) is 0 Å². The molecule has 0 spiro atoms. The summed E-state index contributed by atoms with van der Waals surface area (Å²) in [4.78, 5) is 8.70. The summed E-state index contributed by atoms with van der Waals surface area (Å²) in [6, 6.07) is 15.8. The number of nitrogens with zero attached hydrogens (tertiary/aromatic N) is 2. The zero-order valence-electron chi connectivity index (χ0n) is 16.5. The molecule has 2 N–H and O–H groups in total. The van der Waals surface area contributed by atoms with Crippen molar-refractivity contribution in [2.75, 3.05) is 24.2 Å². The number of hydrogen-bond donors (Lipinski definition) is 2. The maximum absolute atomic E-state index is 12.8. The molecular formula is C21H20ClN3O4S2. The van der Waals surface area contributed by atoms with Crippen LogP contribution in [0.25, 0.3) is 17.2 Å². The van der Waals surface area contributed by atoms with Gasteiger partial charge >= 0.3 is 0 Å². The molecule has 0 aliphatic rings. The molecule has 3 aromatic rings. The van der Waals surface area contributed by atoms with Gasteiger partial charge in [-0.2, -0.15) is 4.98 Å². The Morgan fingerprint density at radius 3 is 2.48 bits per heavy atom. The van der Waals surface area contributed by atoms with Crippen molar-refractivity contribution >= 4 is 45.3 Å². The molecule has 0 atom stereocenters. The van der Waals surface area contributed by atoms with Crippen molar-refractivity contribution in [3.63, 3.8) is 0 Å². The third-order valence-electron chi connectivity index (χ3n) is 3.98. The third kappa shape index (κ3) is 6.44. The van der Waals surface area contributed by atoms with Crippen LogP contribution in [-0.4, -0.2) is 43.0 Å². The largest absolute Gasteiger partial charge is 0.475 e. The number of anilines is 1. The van der Waals surface area contributed by atoms with Crippen LogP contribution in [0.1, 0.15) is 5.56 Å². The zero-order valence-corrected chi connectivity index (χ0v) is 18.9. The van der Waals surface area contributed by atoms with Gasteiger partial charge in [0.05, 0.1) is 17.6 Å². The Balaban J connectivity index is 2.06. The first kappa shape index (κ1) is 23.1. The topological polar surface area (TPSA) is 101 Å². The van der Waals surface area contributed by atoms with E-state index in [2.05, 4.69) is 14.7 Å². The van der Waals surface area contributed by atoms with Crippen LogP contribution in [-0.2, 0) is 10.0 Å². The second-order valence-electron chi connectivity index (χ2n) is 6.18. The number of thioether (sulfide) groups is 1. The highest BCUT2D eigenvalue weighted by atomic mass is 35.5. The number of aromatic nitrogens is 2. The molecule has 0 unspecified atom stereocenters. The van der Waals surface area contributed by atoms with E-state index >= 15 is 0 Å². The second kappa shape index (κ2) is 10.6. The average Bonchev–Trinajstić information content (AvgIpc) is 2.77. The summed E-state index contributed by atoms with van der Waals surface area (Å²) >= 11 is 7.23. The predicted molar refractivity (Wildman–Crippen MR) is 125 cm³/mol. The van der Waals surface area contributed by atoms with E-state index in [0.717, 1.165) is 11.0 Å². The Hall–Kier alpha value is -2.59. The standard InChI is InChI=1S/C21H20ClN3O4S2/c1-30-21-23-19(25-31(27,28)14-11-15-5-3-2-4-6-15)18(20(24-21)29-13-12-26)16-7-9-17(22)10-8-16/h2-11,14,26H,12-13H2,1H3,(H,23,24,25). The number of sulfonamides is 1. The second-order valence-corrected chi connectivity index (χ2v) is 8.95. The zero-order chi connectivity index (χ0) is 22.3. The molecule has 0 aliphatic heterocycles. The molecular weight excluding hydrogens is 458 g/mol. The van der Waals surface area contributed by atoms with E-state index in [0.29, 0.717) is 21.3 Å². The molecule has 0 saturated carbocycles. The first-order valence-electron chi connectivity index (χ1n) is 9.13. The summed E-state index contributed by atoms with van der Waals surface area (Å²) in [5.74, 6) is 0.216. The Kier molecular flexibility index (Phi) is 7.91. The molecule has 0 aliphatic carbocycles. The number of rotatable bonds is 9. The summed E-state index contributed by atoms with van der Waals surface area (Å²) in [6.07, 6.45) is 3.25. The van der Waals surface area contributed by atoms with Gasteiger partial charge in [0, 0.05) is 5.02 Å². The van der Waals surface area contributed by atoms with Gasteiger partial charge in [0.25, 0.3) is 10.0 Å². The summed E-state index contributed by atoms with van der Waals surface area (Å²) < 4.78 is 33.6. The van der Waals surface area contributed by atoms with Crippen LogP contribution in [0.4, 0.5) is 5.82 Å². The van der Waals surface area contributed by atoms with Crippen molar-refractivity contribution in [1.29, 1.82) is 0 Å². The summed E-state index contributed by atoms with van der Waals surface area (Å²) in [6.45, 7) is -0.231. The minimum Gasteiger partial charge on any atom is -0.475 e. The van der Waals surface area contributed by atoms with Crippen molar-refractivity contribution < 1.29 is 18.3 Å². The number of ether oxygens (including phenoxy) is 1. The van der Waals surface area contributed by atoms with Crippen molar-refractivity contribution in [2.24, 2.45) is 0 Å². The molecule has 1 aromatic heterocycles. The van der Waals surface area contributed by atoms with Crippen LogP contribution in [0.3, 0.4) is 0 Å². The lowest BCUT2D eigenvalue weighted by atomic mass is 10.1. The smallest absolute Gasteiger partial charge is 0.256 e. The fraction of sp³-hybridized carbons (Fsp3) is 0.143. The highest BCUT2D eigenvalue weighted by Crippen LogP contribution is 2.37. The highest BCUT2D eigenvalue weighted by molar-refractivity contribution is 7.98. The maximum Gasteiger partial charge on any atom is 0.256 e. The van der Waals surface area contributed by atoms with Crippen LogP contribution < -0.4 is 9.46 Å². The van der Waals surface area contributed by atoms with Crippen molar-refractivity contribution in [3.8, 4) is 17.0 Å². The van der Waals surface area contributed by atoms with Gasteiger partial charge < -0.3 is 9.84 Å². The minimum atomic E-state index is -3.89. The lowest BCUT2D eigenvalue weighted by Gasteiger charge is -2.16. The molecule has 0 saturated heterocycles. The summed E-state index contributed by atoms with van der Waals surface area (Å²) in [5, 5.41) is 11.1. The Labute approximate surface area is 190 Å². The molecule has 0 fully saturated rings. The molecule has 0 amide bonds. The van der Waals surface area contributed by atoms with Gasteiger partial charge in [0.15, 0.2) is 11.0 Å². The SMILES string of the molecule is CSc1nc(NS(=O)(=O)C=Cc2ccccc2)c(-c2ccc(Cl)cc2)c(OCCO)n1. The van der Waals surface area contributed by atoms with E-state index in [4.69, 9.17) is 16.3 Å². The lowest BCUT2D eigenvalue weighted by Crippen LogP contribution is -2.14. The van der Waals surface area contributed by atoms with Crippen LogP contribution in [0.5, 0.6) is 5.88 Å². The van der Waals surface area contributed by atoms with Gasteiger partial charge in [-0.05, 0) is 35.6 Å². The van der Waals surface area contributed by atoms with Gasteiger partial charge in [-0.15, -0.1) is 0 Å². The fourth-order valence-corrected chi connectivity index (χ4v) is 3.91. The molecule has 2 aromatic carbocycles. The number of nitrogens with one attached hydrogen (secondary N) is 1. The number of aliphatic hydroxyl groups is 1. The van der Waals surface area contributed by atoms with Crippen LogP contribution >= 0.6 is 23.4 Å². The van der Waals surface area contributed by atoms with Gasteiger partial charge in [-0.3, -0.25) is 4.72 Å². The van der Waals surface area contributed by atoms with E-state index in [1.807, 2.05) is 18.2 Å². The van der Waals surface area contributed by atoms with Crippen molar-refractivity contribution in [1.82, 2.24) is 9.97 Å². The molecule has 10 heteroatoms. The quantitative estimate of drug-likeness (QED) is 0.350. The molecule has 31 heavy (non-hydrogen) atoms. The fourth-order valence-electron chi connectivity index (χ4n) is 2.61. The van der Waals surface area contributed by atoms with E-state index in [9.17, 15) is 13.5 Å². The first-order valence-corrected chi connectivity index (χ1v) is 12.3. The van der Waals surface area contributed by atoms with Crippen LogP contribution in [0.15, 0.2) is 65.2 Å². The first-order chi connectivity index (χ1) is 14.9. The monoisotopic (exact) mass is 477 g/mol. The summed E-state index contributed by atoms with van der Waals surface area (Å²) in [5.41, 5.74) is 1.69. The molecule has 7 nitrogen and oxygen atoms in total. The van der Waals surface area contributed by atoms with E-state index in [-0.39, 0.29) is 24.9 Å². The molecule has 3 rings (SSSR count). The Morgan fingerprint density at radius 2 is 1.84 bits per heavy atom.